The van der Waals surface area contributed by atoms with Crippen LogP contribution in [0.5, 0.6) is 0 Å². The minimum atomic E-state index is -0.725. The van der Waals surface area contributed by atoms with Gasteiger partial charge in [-0.25, -0.2) is 10.3 Å². The van der Waals surface area contributed by atoms with E-state index in [4.69, 9.17) is 0 Å². The molecular weight excluding hydrogens is 124 g/mol. The van der Waals surface area contributed by atoms with Gasteiger partial charge in [-0.3, -0.25) is 14.9 Å². The number of nitrogens with one attached hydrogen (secondary N) is 2. The van der Waals surface area contributed by atoms with E-state index in [1.807, 2.05) is 5.32 Å². The van der Waals surface area contributed by atoms with Gasteiger partial charge in [-0.15, -0.1) is 0 Å². The Morgan fingerprint density at radius 2 is 2.11 bits per heavy atom. The average molecular weight is 131 g/mol. The van der Waals surface area contributed by atoms with Gasteiger partial charge in [0.15, 0.2) is 0 Å². The zero-order chi connectivity index (χ0) is 7.28. The summed E-state index contributed by atoms with van der Waals surface area (Å²) < 4.78 is 0. The molecule has 0 aliphatic carbocycles. The number of carbonyl (C=O) groups is 2. The lowest BCUT2D eigenvalue weighted by Crippen LogP contribution is -2.37. The average Bonchev–Trinajstić information content (AvgIpc) is 1.63. The van der Waals surface area contributed by atoms with Crippen LogP contribution in [0.4, 0.5) is 4.79 Å². The molecule has 1 radical (unpaired) electrons. The molecular formula is C4H7N2O3. The van der Waals surface area contributed by atoms with Crippen LogP contribution in [0.15, 0.2) is 0 Å². The first-order chi connectivity index (χ1) is 4.16. The Labute approximate surface area is 52.3 Å². The molecule has 5 heteroatoms. The maximum Gasteiger partial charge on any atom is 0.345 e. The van der Waals surface area contributed by atoms with Crippen LogP contribution in [-0.2, 0) is 9.63 Å². The summed E-state index contributed by atoms with van der Waals surface area (Å²) in [5, 5.41) is 1.89. The number of hydroxylamine groups is 1. The van der Waals surface area contributed by atoms with Crippen LogP contribution in [0.1, 0.15) is 6.92 Å². The van der Waals surface area contributed by atoms with E-state index in [0.717, 1.165) is 0 Å². The van der Waals surface area contributed by atoms with Gasteiger partial charge in [0, 0.05) is 6.92 Å². The molecule has 9 heavy (non-hydrogen) atoms. The van der Waals surface area contributed by atoms with Crippen LogP contribution in [-0.4, -0.2) is 11.9 Å². The van der Waals surface area contributed by atoms with Crippen molar-refractivity contribution in [2.24, 2.45) is 0 Å². The molecule has 3 amide bonds. The van der Waals surface area contributed by atoms with Gasteiger partial charge in [0.1, 0.15) is 7.11 Å². The van der Waals surface area contributed by atoms with Crippen LogP contribution >= 0.6 is 0 Å². The summed E-state index contributed by atoms with van der Waals surface area (Å²) in [4.78, 5) is 24.3. The van der Waals surface area contributed by atoms with E-state index < -0.39 is 11.9 Å². The highest BCUT2D eigenvalue weighted by atomic mass is 16.6. The molecule has 0 bridgehead atoms. The van der Waals surface area contributed by atoms with E-state index in [1.54, 1.807) is 5.48 Å². The van der Waals surface area contributed by atoms with Gasteiger partial charge in [-0.1, -0.05) is 0 Å². The summed E-state index contributed by atoms with van der Waals surface area (Å²) in [6, 6.07) is -0.725. The lowest BCUT2D eigenvalue weighted by atomic mass is 10.7. The Bertz CT molecular complexity index is 123. The Morgan fingerprint density at radius 1 is 1.56 bits per heavy atom. The number of hydrogen-bond acceptors (Lipinski definition) is 3. The van der Waals surface area contributed by atoms with Crippen LogP contribution in [0.2, 0.25) is 0 Å². The molecule has 0 heterocycles. The summed E-state index contributed by atoms with van der Waals surface area (Å²) in [5.41, 5.74) is 1.79. The molecule has 0 saturated carbocycles. The van der Waals surface area contributed by atoms with E-state index in [2.05, 4.69) is 11.9 Å². The predicted molar refractivity (Wildman–Crippen MR) is 28.8 cm³/mol. The number of urea groups is 1. The normalized spacial score (nSPS) is 8.22. The highest BCUT2D eigenvalue weighted by Crippen LogP contribution is 1.64. The van der Waals surface area contributed by atoms with Crippen molar-refractivity contribution in [2.45, 2.75) is 6.92 Å². The number of carbonyl (C=O) groups excluding carboxylic acids is 2. The second kappa shape index (κ2) is 3.85. The molecule has 0 aliphatic rings. The first kappa shape index (κ1) is 7.90. The molecule has 0 rings (SSSR count). The zero-order valence-electron chi connectivity index (χ0n) is 4.93. The third-order valence-electron chi connectivity index (χ3n) is 0.454. The molecule has 2 N–H and O–H groups in total. The largest absolute Gasteiger partial charge is 0.345 e. The third-order valence-corrected chi connectivity index (χ3v) is 0.454. The van der Waals surface area contributed by atoms with Crippen molar-refractivity contribution in [3.8, 4) is 0 Å². The summed E-state index contributed by atoms with van der Waals surface area (Å²) in [5.74, 6) is -0.454. The van der Waals surface area contributed by atoms with Crippen LogP contribution < -0.4 is 10.8 Å². The zero-order valence-corrected chi connectivity index (χ0v) is 4.93. The number of hydrogen-bond donors (Lipinski definition) is 2. The molecule has 51 valence electrons. The molecule has 5 nitrogen and oxygen atoms in total. The van der Waals surface area contributed by atoms with E-state index in [-0.39, 0.29) is 0 Å². The summed E-state index contributed by atoms with van der Waals surface area (Å²) in [6.45, 7) is 1.21. The Kier molecular flexibility index (Phi) is 3.38. The predicted octanol–water partition coefficient (Wildman–Crippen LogP) is -0.445. The fraction of sp³-hybridized carbons (Fsp3) is 0.250. The Morgan fingerprint density at radius 3 is 2.44 bits per heavy atom. The van der Waals surface area contributed by atoms with Gasteiger partial charge in [0.25, 0.3) is 0 Å². The van der Waals surface area contributed by atoms with Crippen LogP contribution in [0.3, 0.4) is 0 Å². The molecule has 0 unspecified atom stereocenters. The van der Waals surface area contributed by atoms with Crippen molar-refractivity contribution < 1.29 is 14.4 Å². The SMILES string of the molecule is [CH2]ONC(=O)NC(C)=O. The van der Waals surface area contributed by atoms with Crippen molar-refractivity contribution in [2.75, 3.05) is 0 Å². The van der Waals surface area contributed by atoms with Gasteiger partial charge in [0.05, 0.1) is 0 Å². The van der Waals surface area contributed by atoms with Crippen molar-refractivity contribution >= 4 is 11.9 Å². The molecule has 0 saturated heterocycles. The van der Waals surface area contributed by atoms with Gasteiger partial charge in [0.2, 0.25) is 5.91 Å². The number of imide groups is 1. The lowest BCUT2D eigenvalue weighted by Gasteiger charge is -1.98. The van der Waals surface area contributed by atoms with Gasteiger partial charge < -0.3 is 0 Å². The number of amides is 3. The first-order valence-electron chi connectivity index (χ1n) is 2.15. The third kappa shape index (κ3) is 4.76. The smallest absolute Gasteiger partial charge is 0.277 e. The molecule has 0 aromatic heterocycles. The molecule has 0 fully saturated rings. The molecule has 0 spiro atoms. The molecule has 0 atom stereocenters. The molecule has 0 aromatic rings. The monoisotopic (exact) mass is 131 g/mol. The fourth-order valence-electron chi connectivity index (χ4n) is 0.251. The minimum absolute atomic E-state index is 0.454. The van der Waals surface area contributed by atoms with Crippen molar-refractivity contribution in [3.63, 3.8) is 0 Å². The minimum Gasteiger partial charge on any atom is -0.277 e. The highest BCUT2D eigenvalue weighted by molar-refractivity contribution is 5.92. The summed E-state index contributed by atoms with van der Waals surface area (Å²) in [7, 11) is 2.85. The van der Waals surface area contributed by atoms with Crippen molar-refractivity contribution in [3.05, 3.63) is 7.11 Å². The summed E-state index contributed by atoms with van der Waals surface area (Å²) >= 11 is 0. The quantitative estimate of drug-likeness (QED) is 0.474. The topological polar surface area (TPSA) is 67.4 Å². The van der Waals surface area contributed by atoms with E-state index >= 15 is 0 Å². The van der Waals surface area contributed by atoms with Gasteiger partial charge in [-0.2, -0.15) is 0 Å². The standard InChI is InChI=1S/C4H7N2O3/c1-3(7)5-4(8)6-9-2/h2H2,1H3,(H2,5,6,7,8). The summed E-state index contributed by atoms with van der Waals surface area (Å²) in [6.07, 6.45) is 0. The van der Waals surface area contributed by atoms with Crippen LogP contribution in [0.25, 0.3) is 0 Å². The fourth-order valence-corrected chi connectivity index (χ4v) is 0.251. The maximum atomic E-state index is 10.2. The second-order valence-corrected chi connectivity index (χ2v) is 1.26. The second-order valence-electron chi connectivity index (χ2n) is 1.26. The first-order valence-corrected chi connectivity index (χ1v) is 2.15. The van der Waals surface area contributed by atoms with Crippen LogP contribution in [0, 0.1) is 7.11 Å². The maximum absolute atomic E-state index is 10.2. The lowest BCUT2D eigenvalue weighted by molar-refractivity contribution is -0.118. The van der Waals surface area contributed by atoms with Crippen molar-refractivity contribution in [1.82, 2.24) is 10.8 Å². The van der Waals surface area contributed by atoms with E-state index in [0.29, 0.717) is 0 Å². The Balaban J connectivity index is 3.39. The highest BCUT2D eigenvalue weighted by Gasteiger charge is 1.98. The van der Waals surface area contributed by atoms with Gasteiger partial charge in [-0.05, 0) is 0 Å². The number of rotatable bonds is 1. The Hall–Kier alpha value is -1.10. The van der Waals surface area contributed by atoms with E-state index in [1.165, 1.54) is 6.92 Å². The van der Waals surface area contributed by atoms with Gasteiger partial charge >= 0.3 is 6.03 Å². The van der Waals surface area contributed by atoms with E-state index in [9.17, 15) is 9.59 Å². The molecule has 0 aromatic carbocycles. The molecule has 0 aliphatic heterocycles. The van der Waals surface area contributed by atoms with Crippen molar-refractivity contribution in [1.29, 1.82) is 0 Å².